The van der Waals surface area contributed by atoms with Crippen molar-refractivity contribution in [1.29, 1.82) is 0 Å². The Hall–Kier alpha value is -3.04. The van der Waals surface area contributed by atoms with Crippen molar-refractivity contribution in [2.24, 2.45) is 20.5 Å². The van der Waals surface area contributed by atoms with Crippen molar-refractivity contribution in [2.75, 3.05) is 10.6 Å². The van der Waals surface area contributed by atoms with E-state index in [-0.39, 0.29) is 219 Å². The first-order chi connectivity index (χ1) is 32.8. The zero-order valence-electron chi connectivity index (χ0n) is 39.4. The molecule has 380 valence electrons. The molecule has 22 nitrogen and oxygen atoms in total. The van der Waals surface area contributed by atoms with E-state index in [1.54, 1.807) is 0 Å². The molecule has 8 aromatic rings. The summed E-state index contributed by atoms with van der Waals surface area (Å²) in [5, 5.41) is 65.4. The Morgan fingerprint density at radius 2 is 0.724 bits per heavy atom. The Balaban J connectivity index is 0.00000329. The SMILES string of the molecule is O=S(=O)([O-])c1cccc(Nc2ccc3cc(S(=O)(=O)[O-])c(N=Nc4ccc(-c5ccc(N=Nc6c(S(=O)(=O)[O-])cc7ccc(Nc8cccc(S(=O)(=O)[O-])c8)cc7c6O)c(O)c5)cc4O)c(O)c3c2)c1.[Cu].[Cu].[Na+].[Na+].[Na+].[Na+]. The van der Waals surface area contributed by atoms with Crippen LogP contribution in [0.2, 0.25) is 0 Å². The normalized spacial score (nSPS) is 11.6. The summed E-state index contributed by atoms with van der Waals surface area (Å²) in [6.45, 7) is 0. The van der Waals surface area contributed by atoms with Gasteiger partial charge in [0, 0.05) is 67.7 Å². The monoisotopic (exact) mass is 1240 g/mol. The molecule has 0 aliphatic carbocycles. The van der Waals surface area contributed by atoms with Crippen molar-refractivity contribution in [2.45, 2.75) is 19.6 Å². The molecular formula is C44H28Cu2N6Na4O16S4. The standard InChI is InChI=1S/C44H32N6O16S4.2Cu.4Na/c51-37-15-23(9-13-35(37)47-49-41-39(69(61,62)63)17-25-7-11-29(21-33(25)43(41)53)45-27-3-1-5-31(19-27)67(55,56)57)24-10-14-36(38(52)16-24)48-50-42-40(70(64,65)66)18-26-8-12-30(22-34(26)44(42)54)46-28-4-2-6-32(20-28)68(58,59)60;;;;;;/h1-22,45-46,51-54H,(H,55,56,57)(H,58,59,60)(H,61,62,63)(H,64,65,66);;;;;;/q;;;4*+1/p-4. The van der Waals surface area contributed by atoms with Crippen LogP contribution >= 0.6 is 0 Å². The Kier molecular flexibility index (Phi) is 24.9. The van der Waals surface area contributed by atoms with E-state index in [2.05, 4.69) is 31.1 Å². The molecular weight excluding hydrogens is 1220 g/mol. The summed E-state index contributed by atoms with van der Waals surface area (Å²) in [7, 11) is -20.1. The van der Waals surface area contributed by atoms with Crippen LogP contribution in [0.25, 0.3) is 32.7 Å². The average Bonchev–Trinajstić information content (AvgIpc) is 3.28. The van der Waals surface area contributed by atoms with Crippen LogP contribution in [-0.4, -0.2) is 72.3 Å². The first-order valence-electron chi connectivity index (χ1n) is 19.5. The fraction of sp³-hybridized carbons (Fsp3) is 0. The number of nitrogens with one attached hydrogen (secondary N) is 2. The molecule has 2 radical (unpaired) electrons. The summed E-state index contributed by atoms with van der Waals surface area (Å²) in [6, 6.07) is 27.6. The summed E-state index contributed by atoms with van der Waals surface area (Å²) in [4.78, 5) is -2.93. The molecule has 0 saturated heterocycles. The minimum Gasteiger partial charge on any atom is -0.744 e. The van der Waals surface area contributed by atoms with E-state index in [9.17, 15) is 72.3 Å². The van der Waals surface area contributed by atoms with Gasteiger partial charge < -0.3 is 49.3 Å². The summed E-state index contributed by atoms with van der Waals surface area (Å²) in [5.74, 6) is -2.70. The number of phenols is 4. The van der Waals surface area contributed by atoms with Gasteiger partial charge in [0.2, 0.25) is 0 Å². The zero-order chi connectivity index (χ0) is 50.5. The Morgan fingerprint density at radius 3 is 1.04 bits per heavy atom. The maximum Gasteiger partial charge on any atom is 1.00 e. The first-order valence-corrected chi connectivity index (χ1v) is 25.1. The molecule has 0 heterocycles. The summed E-state index contributed by atoms with van der Waals surface area (Å²) < 4.78 is 143. The van der Waals surface area contributed by atoms with E-state index in [0.717, 1.165) is 36.4 Å². The first kappa shape index (κ1) is 69.1. The molecule has 76 heavy (non-hydrogen) atoms. The van der Waals surface area contributed by atoms with E-state index < -0.39 is 94.4 Å². The zero-order valence-corrected chi connectivity index (χ0v) is 52.6. The van der Waals surface area contributed by atoms with Gasteiger partial charge in [0.1, 0.15) is 74.7 Å². The summed E-state index contributed by atoms with van der Waals surface area (Å²) in [5.41, 5.74) is -0.776. The van der Waals surface area contributed by atoms with Crippen LogP contribution in [0, 0.1) is 0 Å². The van der Waals surface area contributed by atoms with Gasteiger partial charge >= 0.3 is 118 Å². The van der Waals surface area contributed by atoms with Crippen molar-refractivity contribution in [3.05, 3.63) is 133 Å². The van der Waals surface area contributed by atoms with Crippen molar-refractivity contribution in [1.82, 2.24) is 0 Å². The van der Waals surface area contributed by atoms with Gasteiger partial charge in [-0.1, -0.05) is 36.4 Å². The molecule has 0 fully saturated rings. The predicted molar refractivity (Wildman–Crippen MR) is 246 cm³/mol. The van der Waals surface area contributed by atoms with E-state index in [1.165, 1.54) is 97.1 Å². The number of aromatic hydroxyl groups is 4. The molecule has 0 aromatic heterocycles. The molecule has 0 aliphatic rings. The Labute approximate surface area is 543 Å². The molecule has 0 bridgehead atoms. The molecule has 0 spiro atoms. The molecule has 0 saturated carbocycles. The minimum absolute atomic E-state index is 0. The minimum atomic E-state index is -5.29. The fourth-order valence-electron chi connectivity index (χ4n) is 6.99. The molecule has 8 rings (SSSR count). The third-order valence-corrected chi connectivity index (χ3v) is 13.6. The topological polar surface area (TPSA) is 383 Å². The predicted octanol–water partition coefficient (Wildman–Crippen LogP) is -3.57. The molecule has 0 aliphatic heterocycles. The van der Waals surface area contributed by atoms with Gasteiger partial charge in [-0.05, 0) is 119 Å². The maximum atomic E-state index is 12.3. The number of benzene rings is 8. The quantitative estimate of drug-likeness (QED) is 0.0369. The number of nitrogens with zero attached hydrogens (tertiary/aromatic N) is 4. The van der Waals surface area contributed by atoms with Crippen LogP contribution in [0.5, 0.6) is 23.0 Å². The van der Waals surface area contributed by atoms with Crippen LogP contribution < -0.4 is 129 Å². The number of hydrogen-bond donors (Lipinski definition) is 6. The molecule has 8 aromatic carbocycles. The molecule has 0 atom stereocenters. The second-order valence-corrected chi connectivity index (χ2v) is 20.4. The van der Waals surface area contributed by atoms with Crippen molar-refractivity contribution in [3.8, 4) is 34.1 Å². The maximum absolute atomic E-state index is 12.3. The van der Waals surface area contributed by atoms with E-state index in [0.29, 0.717) is 0 Å². The second kappa shape index (κ2) is 27.4. The van der Waals surface area contributed by atoms with E-state index in [1.807, 2.05) is 0 Å². The largest absolute Gasteiger partial charge is 1.00 e. The number of phenolic OH excluding ortho intramolecular Hbond substituents is 4. The smallest absolute Gasteiger partial charge is 0.744 e. The van der Waals surface area contributed by atoms with E-state index in [4.69, 9.17) is 0 Å². The van der Waals surface area contributed by atoms with Crippen molar-refractivity contribution >= 4 is 108 Å². The average molecular weight is 1240 g/mol. The van der Waals surface area contributed by atoms with Gasteiger partial charge in [-0.3, -0.25) is 0 Å². The van der Waals surface area contributed by atoms with Gasteiger partial charge in [0.15, 0.2) is 11.5 Å². The van der Waals surface area contributed by atoms with Gasteiger partial charge in [-0.15, -0.1) is 20.5 Å². The summed E-state index contributed by atoms with van der Waals surface area (Å²) in [6.07, 6.45) is 0. The number of azo groups is 2. The van der Waals surface area contributed by atoms with E-state index >= 15 is 0 Å². The number of hydrogen-bond acceptors (Lipinski definition) is 22. The summed E-state index contributed by atoms with van der Waals surface area (Å²) >= 11 is 0. The van der Waals surface area contributed by atoms with Crippen molar-refractivity contribution < 1.29 is 225 Å². The van der Waals surface area contributed by atoms with Crippen molar-refractivity contribution in [3.63, 3.8) is 0 Å². The molecule has 0 unspecified atom stereocenters. The van der Waals surface area contributed by atoms with Crippen LogP contribution in [-0.2, 0) is 74.6 Å². The molecule has 32 heteroatoms. The van der Waals surface area contributed by atoms with Crippen LogP contribution in [0.15, 0.2) is 173 Å². The van der Waals surface area contributed by atoms with Gasteiger partial charge in [0.05, 0.1) is 19.6 Å². The molecule has 0 amide bonds. The molecule has 6 N–H and O–H groups in total. The number of fused-ring (bicyclic) bond motifs is 2. The van der Waals surface area contributed by atoms with Gasteiger partial charge in [-0.25, -0.2) is 33.7 Å². The van der Waals surface area contributed by atoms with Crippen LogP contribution in [0.3, 0.4) is 0 Å². The Morgan fingerprint density at radius 1 is 0.382 bits per heavy atom. The second-order valence-electron chi connectivity index (χ2n) is 14.9. The third-order valence-electron chi connectivity index (χ3n) is 10.3. The van der Waals surface area contributed by atoms with Gasteiger partial charge in [0.25, 0.3) is 0 Å². The number of rotatable bonds is 13. The van der Waals surface area contributed by atoms with Crippen LogP contribution in [0.4, 0.5) is 45.5 Å². The van der Waals surface area contributed by atoms with Crippen LogP contribution in [0.1, 0.15) is 0 Å². The third kappa shape index (κ3) is 16.1. The Bertz CT molecular complexity index is 3800. The number of anilines is 4. The fourth-order valence-corrected chi connectivity index (χ4v) is 9.31. The van der Waals surface area contributed by atoms with Gasteiger partial charge in [-0.2, -0.15) is 0 Å².